The van der Waals surface area contributed by atoms with Gasteiger partial charge in [-0.25, -0.2) is 4.98 Å². The number of thiazole rings is 1. The monoisotopic (exact) mass is 282 g/mol. The number of hydrogen-bond acceptors (Lipinski definition) is 6. The minimum absolute atomic E-state index is 0.110. The lowest BCUT2D eigenvalue weighted by atomic mass is 10.3. The van der Waals surface area contributed by atoms with Gasteiger partial charge in [-0.2, -0.15) is 0 Å². The first-order valence-electron chi connectivity index (χ1n) is 6.63. The highest BCUT2D eigenvalue weighted by molar-refractivity contribution is 7.17. The molecule has 3 rings (SSSR count). The number of carbonyl (C=O) groups is 1. The maximum atomic E-state index is 12.3. The molecule has 2 saturated heterocycles. The molecule has 1 aromatic rings. The Balaban J connectivity index is 1.67. The maximum Gasteiger partial charge on any atom is 0.265 e. The zero-order chi connectivity index (χ0) is 13.1. The molecule has 0 radical (unpaired) electrons. The van der Waals surface area contributed by atoms with Crippen molar-refractivity contribution in [1.29, 1.82) is 0 Å². The number of rotatable bonds is 2. The van der Waals surface area contributed by atoms with Crippen molar-refractivity contribution in [1.82, 2.24) is 15.2 Å². The third kappa shape index (κ3) is 2.88. The van der Waals surface area contributed by atoms with Crippen LogP contribution in [0, 0.1) is 0 Å². The summed E-state index contributed by atoms with van der Waals surface area (Å²) in [6, 6.07) is 0. The van der Waals surface area contributed by atoms with Gasteiger partial charge in [0.05, 0.1) is 19.4 Å². The fourth-order valence-electron chi connectivity index (χ4n) is 2.29. The molecule has 3 heterocycles. The van der Waals surface area contributed by atoms with E-state index < -0.39 is 0 Å². The summed E-state index contributed by atoms with van der Waals surface area (Å²) in [6.07, 6.45) is 1.71. The standard InChI is InChI=1S/C12H18N4O2S/c17-11(15-3-1-13-2-4-15)10-9-14-12(19-10)16-5-7-18-8-6-16/h9,13H,1-8H2. The number of amides is 1. The lowest BCUT2D eigenvalue weighted by Gasteiger charge is -2.27. The molecular weight excluding hydrogens is 264 g/mol. The normalized spacial score (nSPS) is 20.6. The first-order chi connectivity index (χ1) is 9.34. The summed E-state index contributed by atoms with van der Waals surface area (Å²) in [5.74, 6) is 0.110. The molecule has 2 fully saturated rings. The number of nitrogens with one attached hydrogen (secondary N) is 1. The van der Waals surface area contributed by atoms with E-state index >= 15 is 0 Å². The summed E-state index contributed by atoms with van der Waals surface area (Å²) in [6.45, 7) is 6.50. The topological polar surface area (TPSA) is 57.7 Å². The lowest BCUT2D eigenvalue weighted by Crippen LogP contribution is -2.46. The SMILES string of the molecule is O=C(c1cnc(N2CCOCC2)s1)N1CCNCC1. The molecule has 1 amide bonds. The van der Waals surface area contributed by atoms with Crippen molar-refractivity contribution in [2.24, 2.45) is 0 Å². The summed E-state index contributed by atoms with van der Waals surface area (Å²) >= 11 is 1.49. The van der Waals surface area contributed by atoms with Crippen LogP contribution >= 0.6 is 11.3 Å². The second-order valence-corrected chi connectivity index (χ2v) is 5.66. The van der Waals surface area contributed by atoms with Gasteiger partial charge in [-0.05, 0) is 0 Å². The Morgan fingerprint density at radius 3 is 2.74 bits per heavy atom. The molecular formula is C12H18N4O2S. The van der Waals surface area contributed by atoms with Crippen LogP contribution in [0.1, 0.15) is 9.67 Å². The van der Waals surface area contributed by atoms with Crippen LogP contribution in [0.15, 0.2) is 6.20 Å². The molecule has 1 N–H and O–H groups in total. The van der Waals surface area contributed by atoms with Crippen molar-refractivity contribution < 1.29 is 9.53 Å². The molecule has 0 saturated carbocycles. The van der Waals surface area contributed by atoms with Gasteiger partial charge in [0.1, 0.15) is 4.88 Å². The van der Waals surface area contributed by atoms with Gasteiger partial charge >= 0.3 is 0 Å². The summed E-state index contributed by atoms with van der Waals surface area (Å²) < 4.78 is 5.32. The first-order valence-corrected chi connectivity index (χ1v) is 7.45. The molecule has 2 aliphatic heterocycles. The average molecular weight is 282 g/mol. The Labute approximate surface area is 116 Å². The first kappa shape index (κ1) is 12.8. The fraction of sp³-hybridized carbons (Fsp3) is 0.667. The van der Waals surface area contributed by atoms with Gasteiger partial charge in [-0.3, -0.25) is 4.79 Å². The zero-order valence-electron chi connectivity index (χ0n) is 10.8. The van der Waals surface area contributed by atoms with Crippen LogP contribution < -0.4 is 10.2 Å². The number of piperazine rings is 1. The second kappa shape index (κ2) is 5.85. The average Bonchev–Trinajstić information content (AvgIpc) is 2.98. The third-order valence-corrected chi connectivity index (χ3v) is 4.44. The predicted molar refractivity (Wildman–Crippen MR) is 73.9 cm³/mol. The van der Waals surface area contributed by atoms with Gasteiger partial charge in [0, 0.05) is 39.3 Å². The van der Waals surface area contributed by atoms with E-state index in [-0.39, 0.29) is 5.91 Å². The minimum Gasteiger partial charge on any atom is -0.378 e. The maximum absolute atomic E-state index is 12.3. The Hall–Kier alpha value is -1.18. The number of morpholine rings is 1. The molecule has 2 aliphatic rings. The number of carbonyl (C=O) groups excluding carboxylic acids is 1. The molecule has 0 spiro atoms. The largest absolute Gasteiger partial charge is 0.378 e. The molecule has 0 atom stereocenters. The van der Waals surface area contributed by atoms with Gasteiger partial charge in [0.2, 0.25) is 0 Å². The van der Waals surface area contributed by atoms with E-state index in [2.05, 4.69) is 15.2 Å². The lowest BCUT2D eigenvalue weighted by molar-refractivity contribution is 0.0740. The van der Waals surface area contributed by atoms with E-state index in [4.69, 9.17) is 4.74 Å². The highest BCUT2D eigenvalue weighted by Gasteiger charge is 2.22. The molecule has 0 unspecified atom stereocenters. The van der Waals surface area contributed by atoms with Crippen molar-refractivity contribution in [2.75, 3.05) is 57.4 Å². The molecule has 19 heavy (non-hydrogen) atoms. The van der Waals surface area contributed by atoms with Crippen molar-refractivity contribution in [2.45, 2.75) is 0 Å². The van der Waals surface area contributed by atoms with Gasteiger partial charge in [0.25, 0.3) is 5.91 Å². The van der Waals surface area contributed by atoms with Crippen LogP contribution in [0.4, 0.5) is 5.13 Å². The van der Waals surface area contributed by atoms with Crippen LogP contribution in [0.25, 0.3) is 0 Å². The summed E-state index contributed by atoms with van der Waals surface area (Å²) in [5.41, 5.74) is 0. The van der Waals surface area contributed by atoms with Crippen molar-refractivity contribution >= 4 is 22.4 Å². The molecule has 6 nitrogen and oxygen atoms in total. The molecule has 104 valence electrons. The summed E-state index contributed by atoms with van der Waals surface area (Å²) in [4.78, 5) is 21.5. The number of nitrogens with zero attached hydrogens (tertiary/aromatic N) is 3. The quantitative estimate of drug-likeness (QED) is 0.829. The number of aromatic nitrogens is 1. The van der Waals surface area contributed by atoms with E-state index in [9.17, 15) is 4.79 Å². The molecule has 7 heteroatoms. The predicted octanol–water partition coefficient (Wildman–Crippen LogP) is 0.0251. The van der Waals surface area contributed by atoms with Gasteiger partial charge in [-0.15, -0.1) is 0 Å². The zero-order valence-corrected chi connectivity index (χ0v) is 11.6. The molecule has 0 aliphatic carbocycles. The van der Waals surface area contributed by atoms with Gasteiger partial charge in [0.15, 0.2) is 5.13 Å². The van der Waals surface area contributed by atoms with Crippen LogP contribution in [-0.2, 0) is 4.74 Å². The van der Waals surface area contributed by atoms with E-state index in [0.717, 1.165) is 62.5 Å². The van der Waals surface area contributed by atoms with Crippen molar-refractivity contribution in [3.05, 3.63) is 11.1 Å². The summed E-state index contributed by atoms with van der Waals surface area (Å²) in [5, 5.41) is 4.18. The van der Waals surface area contributed by atoms with Crippen LogP contribution in [0.5, 0.6) is 0 Å². The smallest absolute Gasteiger partial charge is 0.265 e. The third-order valence-electron chi connectivity index (χ3n) is 3.39. The molecule has 0 aromatic carbocycles. The van der Waals surface area contributed by atoms with E-state index in [1.54, 1.807) is 6.20 Å². The Kier molecular flexibility index (Phi) is 3.95. The fourth-order valence-corrected chi connectivity index (χ4v) is 3.22. The van der Waals surface area contributed by atoms with Crippen molar-refractivity contribution in [3.8, 4) is 0 Å². The van der Waals surface area contributed by atoms with Crippen molar-refractivity contribution in [3.63, 3.8) is 0 Å². The van der Waals surface area contributed by atoms with Crippen LogP contribution in [-0.4, -0.2) is 68.3 Å². The molecule has 0 bridgehead atoms. The van der Waals surface area contributed by atoms with Gasteiger partial charge < -0.3 is 19.9 Å². The van der Waals surface area contributed by atoms with E-state index in [1.807, 2.05) is 4.90 Å². The number of hydrogen-bond donors (Lipinski definition) is 1. The minimum atomic E-state index is 0.110. The van der Waals surface area contributed by atoms with Crippen LogP contribution in [0.2, 0.25) is 0 Å². The molecule has 1 aromatic heterocycles. The number of ether oxygens (including phenoxy) is 1. The Morgan fingerprint density at radius 2 is 2.00 bits per heavy atom. The highest BCUT2D eigenvalue weighted by Crippen LogP contribution is 2.24. The summed E-state index contributed by atoms with van der Waals surface area (Å²) in [7, 11) is 0. The number of anilines is 1. The van der Waals surface area contributed by atoms with E-state index in [1.165, 1.54) is 11.3 Å². The van der Waals surface area contributed by atoms with Gasteiger partial charge in [-0.1, -0.05) is 11.3 Å². The van der Waals surface area contributed by atoms with E-state index in [0.29, 0.717) is 0 Å². The highest BCUT2D eigenvalue weighted by atomic mass is 32.1. The Bertz CT molecular complexity index is 439. The second-order valence-electron chi connectivity index (χ2n) is 4.65. The van der Waals surface area contributed by atoms with Crippen LogP contribution in [0.3, 0.4) is 0 Å². The Morgan fingerprint density at radius 1 is 1.26 bits per heavy atom.